The summed E-state index contributed by atoms with van der Waals surface area (Å²) in [6, 6.07) is 2.24. The molecule has 1 aromatic heterocycles. The molecule has 2 fully saturated rings. The number of hydrogen-bond donors (Lipinski definition) is 1. The van der Waals surface area contributed by atoms with Crippen LogP contribution < -0.4 is 0 Å². The van der Waals surface area contributed by atoms with Crippen LogP contribution in [0.1, 0.15) is 25.0 Å². The van der Waals surface area contributed by atoms with Crippen molar-refractivity contribution in [1.82, 2.24) is 14.7 Å². The predicted octanol–water partition coefficient (Wildman–Crippen LogP) is 0.476. The molecular formula is C11H17N3O. The molecule has 4 heteroatoms. The van der Waals surface area contributed by atoms with Crippen LogP contribution >= 0.6 is 0 Å². The molecule has 4 nitrogen and oxygen atoms in total. The van der Waals surface area contributed by atoms with Crippen LogP contribution in [0.15, 0.2) is 12.3 Å². The average molecular weight is 207 g/mol. The van der Waals surface area contributed by atoms with Crippen LogP contribution in [0, 0.1) is 0 Å². The summed E-state index contributed by atoms with van der Waals surface area (Å²) >= 11 is 0. The number of nitrogens with zero attached hydrogens (tertiary/aromatic N) is 3. The molecule has 2 atom stereocenters. The summed E-state index contributed by atoms with van der Waals surface area (Å²) in [5.74, 6) is 0. The van der Waals surface area contributed by atoms with Gasteiger partial charge in [0.25, 0.3) is 0 Å². The van der Waals surface area contributed by atoms with Gasteiger partial charge in [0.2, 0.25) is 0 Å². The summed E-state index contributed by atoms with van der Waals surface area (Å²) in [7, 11) is 1.90. The van der Waals surface area contributed by atoms with E-state index in [9.17, 15) is 5.11 Å². The highest BCUT2D eigenvalue weighted by Gasteiger charge is 2.50. The summed E-state index contributed by atoms with van der Waals surface area (Å²) < 4.78 is 1.77. The second-order valence-corrected chi connectivity index (χ2v) is 4.74. The Hall–Kier alpha value is -0.870. The molecule has 2 unspecified atom stereocenters. The van der Waals surface area contributed by atoms with E-state index in [1.807, 2.05) is 19.3 Å². The molecule has 3 rings (SSSR count). The Morgan fingerprint density at radius 1 is 1.53 bits per heavy atom. The van der Waals surface area contributed by atoms with E-state index in [1.165, 1.54) is 6.42 Å². The van der Waals surface area contributed by atoms with Gasteiger partial charge in [0.05, 0.1) is 5.69 Å². The topological polar surface area (TPSA) is 41.3 Å². The van der Waals surface area contributed by atoms with E-state index < -0.39 is 5.60 Å². The smallest absolute Gasteiger partial charge is 0.125 e. The van der Waals surface area contributed by atoms with E-state index in [1.54, 1.807) is 4.68 Å². The summed E-state index contributed by atoms with van der Waals surface area (Å²) in [5, 5.41) is 15.1. The number of hydrogen-bond acceptors (Lipinski definition) is 3. The zero-order valence-corrected chi connectivity index (χ0v) is 9.06. The maximum atomic E-state index is 10.7. The molecule has 15 heavy (non-hydrogen) atoms. The van der Waals surface area contributed by atoms with Crippen molar-refractivity contribution in [2.45, 2.75) is 30.9 Å². The summed E-state index contributed by atoms with van der Waals surface area (Å²) in [5.41, 5.74) is 0.150. The quantitative estimate of drug-likeness (QED) is 0.728. The fraction of sp³-hybridized carbons (Fsp3) is 0.727. The second kappa shape index (κ2) is 3.06. The number of aromatic nitrogens is 2. The van der Waals surface area contributed by atoms with E-state index in [2.05, 4.69) is 10.00 Å². The third-order valence-corrected chi connectivity index (χ3v) is 3.85. The predicted molar refractivity (Wildman–Crippen MR) is 56.3 cm³/mol. The fourth-order valence-corrected chi connectivity index (χ4v) is 3.06. The zero-order valence-electron chi connectivity index (χ0n) is 9.06. The van der Waals surface area contributed by atoms with Gasteiger partial charge < -0.3 is 5.11 Å². The molecule has 2 aliphatic rings. The van der Waals surface area contributed by atoms with Gasteiger partial charge in [-0.1, -0.05) is 0 Å². The van der Waals surface area contributed by atoms with Crippen LogP contribution in [0.2, 0.25) is 0 Å². The largest absolute Gasteiger partial charge is 0.382 e. The molecule has 82 valence electrons. The van der Waals surface area contributed by atoms with Gasteiger partial charge in [-0.05, 0) is 31.9 Å². The molecule has 0 aromatic carbocycles. The Labute approximate surface area is 89.5 Å². The molecular weight excluding hydrogens is 190 g/mol. The van der Waals surface area contributed by atoms with Crippen LogP contribution in [0.3, 0.4) is 0 Å². The third-order valence-electron chi connectivity index (χ3n) is 3.85. The van der Waals surface area contributed by atoms with Gasteiger partial charge in [0.1, 0.15) is 5.60 Å². The molecule has 0 bridgehead atoms. The Bertz CT molecular complexity index is 376. The molecule has 0 radical (unpaired) electrons. The first-order chi connectivity index (χ1) is 7.20. The van der Waals surface area contributed by atoms with Crippen molar-refractivity contribution in [3.05, 3.63) is 18.0 Å². The normalized spacial score (nSPS) is 36.0. The van der Waals surface area contributed by atoms with E-state index in [0.29, 0.717) is 6.04 Å². The van der Waals surface area contributed by atoms with Crippen LogP contribution in [-0.2, 0) is 12.6 Å². The van der Waals surface area contributed by atoms with E-state index in [0.717, 1.165) is 31.6 Å². The van der Waals surface area contributed by atoms with Gasteiger partial charge in [-0.15, -0.1) is 0 Å². The molecule has 2 aliphatic heterocycles. The highest BCUT2D eigenvalue weighted by Crippen LogP contribution is 2.41. The molecule has 0 aliphatic carbocycles. The van der Waals surface area contributed by atoms with Gasteiger partial charge in [0, 0.05) is 25.8 Å². The summed E-state index contributed by atoms with van der Waals surface area (Å²) in [4.78, 5) is 2.40. The molecule has 0 saturated carbocycles. The van der Waals surface area contributed by atoms with Crippen LogP contribution in [0.25, 0.3) is 0 Å². The zero-order chi connectivity index (χ0) is 10.5. The van der Waals surface area contributed by atoms with Gasteiger partial charge in [-0.2, -0.15) is 5.10 Å². The molecule has 0 spiro atoms. The highest BCUT2D eigenvalue weighted by atomic mass is 16.3. The van der Waals surface area contributed by atoms with Crippen molar-refractivity contribution in [3.63, 3.8) is 0 Å². The fourth-order valence-electron chi connectivity index (χ4n) is 3.06. The number of rotatable bonds is 1. The lowest BCUT2D eigenvalue weighted by molar-refractivity contribution is 0.00491. The molecule has 2 saturated heterocycles. The third kappa shape index (κ3) is 1.25. The van der Waals surface area contributed by atoms with E-state index in [-0.39, 0.29) is 0 Å². The highest BCUT2D eigenvalue weighted by molar-refractivity contribution is 5.18. The van der Waals surface area contributed by atoms with Gasteiger partial charge in [-0.3, -0.25) is 9.58 Å². The Kier molecular flexibility index (Phi) is 1.91. The number of fused-ring (bicyclic) bond motifs is 1. The Morgan fingerprint density at radius 2 is 2.40 bits per heavy atom. The van der Waals surface area contributed by atoms with E-state index >= 15 is 0 Å². The van der Waals surface area contributed by atoms with Gasteiger partial charge in [0.15, 0.2) is 0 Å². The minimum atomic E-state index is -0.697. The first-order valence-electron chi connectivity index (χ1n) is 5.67. The second-order valence-electron chi connectivity index (χ2n) is 4.74. The standard InChI is InChI=1S/C11H17N3O/c1-13-7-4-9(12-13)11(15)5-8-14-6-2-3-10(11)14/h4,7,10,15H,2-3,5-6,8H2,1H3. The summed E-state index contributed by atoms with van der Waals surface area (Å²) in [6.45, 7) is 2.15. The Balaban J connectivity index is 1.96. The molecule has 1 N–H and O–H groups in total. The van der Waals surface area contributed by atoms with Crippen molar-refractivity contribution < 1.29 is 5.11 Å². The monoisotopic (exact) mass is 207 g/mol. The summed E-state index contributed by atoms with van der Waals surface area (Å²) in [6.07, 6.45) is 5.05. The Morgan fingerprint density at radius 3 is 3.13 bits per heavy atom. The van der Waals surface area contributed by atoms with E-state index in [4.69, 9.17) is 0 Å². The lowest BCUT2D eigenvalue weighted by Gasteiger charge is -2.28. The van der Waals surface area contributed by atoms with Crippen molar-refractivity contribution in [2.24, 2.45) is 7.05 Å². The average Bonchev–Trinajstić information content (AvgIpc) is 2.85. The number of aliphatic hydroxyl groups is 1. The first kappa shape index (κ1) is 9.36. The maximum absolute atomic E-state index is 10.7. The van der Waals surface area contributed by atoms with Crippen LogP contribution in [0.5, 0.6) is 0 Å². The molecule has 3 heterocycles. The minimum Gasteiger partial charge on any atom is -0.382 e. The van der Waals surface area contributed by atoms with Gasteiger partial charge >= 0.3 is 0 Å². The SMILES string of the molecule is Cn1ccc(C2(O)CCN3CCCC32)n1. The number of aryl methyl sites for hydroxylation is 1. The molecule has 0 amide bonds. The molecule has 1 aromatic rings. The lowest BCUT2D eigenvalue weighted by Crippen LogP contribution is -2.39. The first-order valence-corrected chi connectivity index (χ1v) is 5.67. The van der Waals surface area contributed by atoms with Crippen molar-refractivity contribution >= 4 is 0 Å². The van der Waals surface area contributed by atoms with Crippen molar-refractivity contribution in [1.29, 1.82) is 0 Å². The van der Waals surface area contributed by atoms with Crippen molar-refractivity contribution in [3.8, 4) is 0 Å². The minimum absolute atomic E-state index is 0.299. The maximum Gasteiger partial charge on any atom is 0.125 e. The van der Waals surface area contributed by atoms with Crippen molar-refractivity contribution in [2.75, 3.05) is 13.1 Å². The van der Waals surface area contributed by atoms with Crippen LogP contribution in [0.4, 0.5) is 0 Å². The van der Waals surface area contributed by atoms with Gasteiger partial charge in [-0.25, -0.2) is 0 Å². The van der Waals surface area contributed by atoms with Crippen LogP contribution in [-0.4, -0.2) is 38.9 Å². The lowest BCUT2D eigenvalue weighted by atomic mass is 9.89.